The van der Waals surface area contributed by atoms with Crippen molar-refractivity contribution >= 4 is 35.6 Å². The average molecular weight is 432 g/mol. The molecule has 2 aromatic rings. The Morgan fingerprint density at radius 3 is 1.79 bits per heavy atom. The molecule has 10 heteroatoms. The number of anilines is 2. The molecule has 3 N–H and O–H groups in total. The van der Waals surface area contributed by atoms with Crippen LogP contribution in [0.2, 0.25) is 0 Å². The van der Waals surface area contributed by atoms with E-state index in [1.165, 1.54) is 0 Å². The van der Waals surface area contributed by atoms with E-state index in [0.717, 1.165) is 24.3 Å². The Hall–Kier alpha value is -2.65. The first-order valence-electron chi connectivity index (χ1n) is 8.50. The molecule has 1 heterocycles. The third-order valence-electron chi connectivity index (χ3n) is 4.49. The molecule has 5 nitrogen and oxygen atoms in total. The van der Waals surface area contributed by atoms with Crippen LogP contribution in [-0.2, 0) is 9.59 Å². The molecular weight excluding hydrogens is 414 g/mol. The molecule has 1 atom stereocenters. The lowest BCUT2D eigenvalue weighted by atomic mass is 9.82. The van der Waals surface area contributed by atoms with E-state index >= 15 is 0 Å². The van der Waals surface area contributed by atoms with Crippen molar-refractivity contribution in [2.45, 2.75) is 12.8 Å². The van der Waals surface area contributed by atoms with E-state index in [0.29, 0.717) is 25.1 Å². The Morgan fingerprint density at radius 2 is 1.34 bits per heavy atom. The summed E-state index contributed by atoms with van der Waals surface area (Å²) in [4.78, 5) is 25.1. The van der Waals surface area contributed by atoms with Gasteiger partial charge in [-0.2, -0.15) is 0 Å². The fourth-order valence-electron chi connectivity index (χ4n) is 3.20. The van der Waals surface area contributed by atoms with Gasteiger partial charge in [0.05, 0.1) is 5.41 Å². The summed E-state index contributed by atoms with van der Waals surface area (Å²) in [5, 5.41) is 7.78. The predicted molar refractivity (Wildman–Crippen MR) is 102 cm³/mol. The van der Waals surface area contributed by atoms with Crippen LogP contribution < -0.4 is 16.0 Å². The fourth-order valence-corrected chi connectivity index (χ4v) is 3.20. The SMILES string of the molecule is Cl.O=C(CC1(C(=O)Nc2cc(F)cc(F)c2)CCNC1)Nc1cc(F)cc(F)c1. The van der Waals surface area contributed by atoms with E-state index in [1.54, 1.807) is 0 Å². The number of halogens is 5. The Kier molecular flexibility index (Phi) is 7.21. The Balaban J connectivity index is 0.00000300. The van der Waals surface area contributed by atoms with Gasteiger partial charge in [0.25, 0.3) is 0 Å². The number of carbonyl (C=O) groups excluding carboxylic acids is 2. The molecular formula is C19H18ClF4N3O2. The van der Waals surface area contributed by atoms with Crippen molar-refractivity contribution in [2.75, 3.05) is 23.7 Å². The van der Waals surface area contributed by atoms with Crippen LogP contribution in [0.1, 0.15) is 12.8 Å². The third-order valence-corrected chi connectivity index (χ3v) is 4.49. The highest BCUT2D eigenvalue weighted by atomic mass is 35.5. The number of benzene rings is 2. The molecule has 0 bridgehead atoms. The summed E-state index contributed by atoms with van der Waals surface area (Å²) in [7, 11) is 0. The van der Waals surface area contributed by atoms with Gasteiger partial charge < -0.3 is 16.0 Å². The topological polar surface area (TPSA) is 70.2 Å². The van der Waals surface area contributed by atoms with E-state index in [9.17, 15) is 27.2 Å². The fraction of sp³-hybridized carbons (Fsp3) is 0.263. The number of rotatable bonds is 5. The molecule has 0 aliphatic carbocycles. The first-order valence-corrected chi connectivity index (χ1v) is 8.50. The molecule has 3 rings (SSSR count). The maximum atomic E-state index is 13.3. The van der Waals surface area contributed by atoms with Crippen LogP contribution in [0.4, 0.5) is 28.9 Å². The van der Waals surface area contributed by atoms with Gasteiger partial charge in [-0.1, -0.05) is 0 Å². The van der Waals surface area contributed by atoms with E-state index in [4.69, 9.17) is 0 Å². The van der Waals surface area contributed by atoms with Gasteiger partial charge in [-0.25, -0.2) is 17.6 Å². The van der Waals surface area contributed by atoms with Crippen LogP contribution in [0, 0.1) is 28.7 Å². The summed E-state index contributed by atoms with van der Waals surface area (Å²) in [5.74, 6) is -4.59. The highest BCUT2D eigenvalue weighted by Crippen LogP contribution is 2.32. The first kappa shape index (κ1) is 22.6. The third kappa shape index (κ3) is 5.68. The number of hydrogen-bond donors (Lipinski definition) is 3. The highest BCUT2D eigenvalue weighted by molar-refractivity contribution is 6.01. The molecule has 0 spiro atoms. The van der Waals surface area contributed by atoms with E-state index in [-0.39, 0.29) is 36.7 Å². The normalized spacial score (nSPS) is 18.1. The van der Waals surface area contributed by atoms with Crippen LogP contribution in [-0.4, -0.2) is 24.9 Å². The first-order chi connectivity index (χ1) is 13.3. The largest absolute Gasteiger partial charge is 0.326 e. The van der Waals surface area contributed by atoms with Gasteiger partial charge >= 0.3 is 0 Å². The van der Waals surface area contributed by atoms with Crippen molar-refractivity contribution < 1.29 is 27.2 Å². The molecule has 1 aliphatic heterocycles. The second-order valence-electron chi connectivity index (χ2n) is 6.70. The van der Waals surface area contributed by atoms with Crippen LogP contribution in [0.5, 0.6) is 0 Å². The smallest absolute Gasteiger partial charge is 0.232 e. The molecule has 1 fully saturated rings. The molecule has 2 aromatic carbocycles. The monoisotopic (exact) mass is 431 g/mol. The van der Waals surface area contributed by atoms with Crippen molar-refractivity contribution in [1.82, 2.24) is 5.32 Å². The maximum Gasteiger partial charge on any atom is 0.232 e. The molecule has 1 aliphatic rings. The molecule has 1 saturated heterocycles. The van der Waals surface area contributed by atoms with Gasteiger partial charge in [0.2, 0.25) is 11.8 Å². The van der Waals surface area contributed by atoms with Crippen molar-refractivity contribution in [3.8, 4) is 0 Å². The second-order valence-corrected chi connectivity index (χ2v) is 6.70. The van der Waals surface area contributed by atoms with Crippen LogP contribution >= 0.6 is 12.4 Å². The summed E-state index contributed by atoms with van der Waals surface area (Å²) in [5.41, 5.74) is -1.31. The molecule has 0 radical (unpaired) electrons. The van der Waals surface area contributed by atoms with Crippen molar-refractivity contribution in [2.24, 2.45) is 5.41 Å². The van der Waals surface area contributed by atoms with Crippen molar-refractivity contribution in [1.29, 1.82) is 0 Å². The summed E-state index contributed by atoms with van der Waals surface area (Å²) in [6.45, 7) is 0.633. The molecule has 156 valence electrons. The summed E-state index contributed by atoms with van der Waals surface area (Å²) >= 11 is 0. The van der Waals surface area contributed by atoms with Crippen LogP contribution in [0.3, 0.4) is 0 Å². The molecule has 0 aromatic heterocycles. The lowest BCUT2D eigenvalue weighted by Crippen LogP contribution is -2.41. The van der Waals surface area contributed by atoms with Gasteiger partial charge in [-0.3, -0.25) is 9.59 Å². The van der Waals surface area contributed by atoms with Crippen LogP contribution in [0.15, 0.2) is 36.4 Å². The summed E-state index contributed by atoms with van der Waals surface area (Å²) in [6, 6.07) is 5.18. The number of hydrogen-bond acceptors (Lipinski definition) is 3. The molecule has 0 saturated carbocycles. The minimum atomic E-state index is -1.17. The Bertz CT molecular complexity index is 880. The number of amides is 2. The van der Waals surface area contributed by atoms with Crippen molar-refractivity contribution in [3.05, 3.63) is 59.7 Å². The number of carbonyl (C=O) groups is 2. The lowest BCUT2D eigenvalue weighted by molar-refractivity contribution is -0.129. The van der Waals surface area contributed by atoms with E-state index in [1.807, 2.05) is 0 Å². The quantitative estimate of drug-likeness (QED) is 0.633. The van der Waals surface area contributed by atoms with Gasteiger partial charge in [-0.15, -0.1) is 12.4 Å². The van der Waals surface area contributed by atoms with Crippen molar-refractivity contribution in [3.63, 3.8) is 0 Å². The standard InChI is InChI=1S/C19H17F4N3O2.ClH/c20-11-3-12(21)6-15(5-11)25-17(27)9-19(1-2-24-10-19)18(28)26-16-7-13(22)4-14(23)8-16;/h3-8,24H,1-2,9-10H2,(H,25,27)(H,26,28);1H. The van der Waals surface area contributed by atoms with Gasteiger partial charge in [0, 0.05) is 36.5 Å². The molecule has 29 heavy (non-hydrogen) atoms. The van der Waals surface area contributed by atoms with E-state index < -0.39 is 40.5 Å². The molecule has 1 unspecified atom stereocenters. The second kappa shape index (κ2) is 9.23. The summed E-state index contributed by atoms with van der Waals surface area (Å²) < 4.78 is 53.2. The zero-order valence-electron chi connectivity index (χ0n) is 15.0. The van der Waals surface area contributed by atoms with Crippen LogP contribution in [0.25, 0.3) is 0 Å². The number of nitrogens with one attached hydrogen (secondary N) is 3. The summed E-state index contributed by atoms with van der Waals surface area (Å²) in [6.07, 6.45) is 0.0311. The minimum Gasteiger partial charge on any atom is -0.326 e. The maximum absolute atomic E-state index is 13.3. The van der Waals surface area contributed by atoms with Gasteiger partial charge in [-0.05, 0) is 37.2 Å². The van der Waals surface area contributed by atoms with Gasteiger partial charge in [0.15, 0.2) is 0 Å². The highest BCUT2D eigenvalue weighted by Gasteiger charge is 2.43. The zero-order valence-corrected chi connectivity index (χ0v) is 15.8. The van der Waals surface area contributed by atoms with E-state index in [2.05, 4.69) is 16.0 Å². The zero-order chi connectivity index (χ0) is 20.3. The minimum absolute atomic E-state index is 0. The average Bonchev–Trinajstić information content (AvgIpc) is 3.02. The Labute approximate surface area is 170 Å². The molecule has 2 amide bonds. The lowest BCUT2D eigenvalue weighted by Gasteiger charge is -2.26. The van der Waals surface area contributed by atoms with Gasteiger partial charge in [0.1, 0.15) is 23.3 Å². The Morgan fingerprint density at radius 1 is 0.862 bits per heavy atom. The predicted octanol–water partition coefficient (Wildman–Crippen LogP) is 3.61.